The summed E-state index contributed by atoms with van der Waals surface area (Å²) in [6, 6.07) is 4.55. The minimum Gasteiger partial charge on any atom is -0.339 e. The molecule has 0 unspecified atom stereocenters. The van der Waals surface area contributed by atoms with Crippen LogP contribution in [0.2, 0.25) is 0 Å². The van der Waals surface area contributed by atoms with E-state index < -0.39 is 0 Å². The lowest BCUT2D eigenvalue weighted by Crippen LogP contribution is -2.55. The van der Waals surface area contributed by atoms with Crippen molar-refractivity contribution >= 4 is 11.6 Å². The molecule has 0 spiro atoms. The van der Waals surface area contributed by atoms with Gasteiger partial charge < -0.3 is 4.90 Å². The Bertz CT molecular complexity index is 1090. The summed E-state index contributed by atoms with van der Waals surface area (Å²) in [6.07, 6.45) is 8.49. The molecular formula is C21H27N9O. The maximum atomic E-state index is 12.9. The van der Waals surface area contributed by atoms with E-state index in [0.29, 0.717) is 12.2 Å². The van der Waals surface area contributed by atoms with Crippen LogP contribution in [0.15, 0.2) is 24.7 Å². The summed E-state index contributed by atoms with van der Waals surface area (Å²) in [5, 5.41) is 17.1. The SMILES string of the molecule is O=C(CN1CCc2nn(-c3ccc4nncn4n3)cc2C1)N1CCN(C2CCC2)CC1. The number of hydrogen-bond acceptors (Lipinski definition) is 7. The fraction of sp³-hybridized carbons (Fsp3) is 0.571. The molecule has 3 aromatic heterocycles. The monoisotopic (exact) mass is 421 g/mol. The average Bonchev–Trinajstić information content (AvgIpc) is 3.39. The number of nitrogens with zero attached hydrogens (tertiary/aromatic N) is 9. The number of piperazine rings is 1. The highest BCUT2D eigenvalue weighted by Gasteiger charge is 2.30. The van der Waals surface area contributed by atoms with Gasteiger partial charge in [0.05, 0.1) is 12.2 Å². The number of hydrogen-bond donors (Lipinski definition) is 0. The van der Waals surface area contributed by atoms with E-state index in [-0.39, 0.29) is 5.91 Å². The third-order valence-corrected chi connectivity index (χ3v) is 6.94. The summed E-state index contributed by atoms with van der Waals surface area (Å²) < 4.78 is 3.46. The molecule has 31 heavy (non-hydrogen) atoms. The lowest BCUT2D eigenvalue weighted by molar-refractivity contribution is -0.135. The number of carbonyl (C=O) groups is 1. The van der Waals surface area contributed by atoms with Crippen LogP contribution in [0.5, 0.6) is 0 Å². The van der Waals surface area contributed by atoms with Gasteiger partial charge in [-0.15, -0.1) is 15.3 Å². The molecule has 10 heteroatoms. The van der Waals surface area contributed by atoms with Gasteiger partial charge in [-0.3, -0.25) is 14.6 Å². The van der Waals surface area contributed by atoms with Gasteiger partial charge in [0.25, 0.3) is 0 Å². The van der Waals surface area contributed by atoms with Crippen LogP contribution in [0.3, 0.4) is 0 Å². The molecule has 162 valence electrons. The van der Waals surface area contributed by atoms with Gasteiger partial charge >= 0.3 is 0 Å². The summed E-state index contributed by atoms with van der Waals surface area (Å²) in [5.41, 5.74) is 2.96. The lowest BCUT2D eigenvalue weighted by atomic mass is 9.91. The Balaban J connectivity index is 1.08. The van der Waals surface area contributed by atoms with E-state index in [1.165, 1.54) is 24.8 Å². The van der Waals surface area contributed by atoms with Crippen LogP contribution in [0.25, 0.3) is 11.5 Å². The van der Waals surface area contributed by atoms with Gasteiger partial charge in [0.15, 0.2) is 11.5 Å². The van der Waals surface area contributed by atoms with Gasteiger partial charge in [-0.1, -0.05) is 6.42 Å². The van der Waals surface area contributed by atoms with Gasteiger partial charge in [-0.05, 0) is 25.0 Å². The number of rotatable bonds is 4. The van der Waals surface area contributed by atoms with E-state index in [2.05, 4.69) is 25.1 Å². The van der Waals surface area contributed by atoms with E-state index in [1.807, 2.05) is 27.9 Å². The maximum Gasteiger partial charge on any atom is 0.236 e. The van der Waals surface area contributed by atoms with Crippen LogP contribution < -0.4 is 0 Å². The molecule has 5 heterocycles. The Morgan fingerprint density at radius 2 is 1.94 bits per heavy atom. The van der Waals surface area contributed by atoms with Gasteiger partial charge in [-0.25, -0.2) is 4.68 Å². The first-order chi connectivity index (χ1) is 15.2. The first-order valence-corrected chi connectivity index (χ1v) is 11.2. The lowest BCUT2D eigenvalue weighted by Gasteiger charge is -2.43. The van der Waals surface area contributed by atoms with Crippen LogP contribution >= 0.6 is 0 Å². The molecule has 0 bridgehead atoms. The zero-order chi connectivity index (χ0) is 20.8. The number of fused-ring (bicyclic) bond motifs is 2. The summed E-state index contributed by atoms with van der Waals surface area (Å²) in [5.74, 6) is 0.984. The first kappa shape index (κ1) is 18.9. The van der Waals surface area contributed by atoms with Crippen molar-refractivity contribution in [2.75, 3.05) is 39.3 Å². The van der Waals surface area contributed by atoms with Crippen LogP contribution in [0.4, 0.5) is 0 Å². The predicted molar refractivity (Wildman–Crippen MR) is 113 cm³/mol. The van der Waals surface area contributed by atoms with Crippen molar-refractivity contribution in [3.8, 4) is 5.82 Å². The molecule has 3 aromatic rings. The zero-order valence-electron chi connectivity index (χ0n) is 17.6. The molecule has 1 saturated carbocycles. The third-order valence-electron chi connectivity index (χ3n) is 6.94. The molecule has 0 N–H and O–H groups in total. The molecule has 1 saturated heterocycles. The topological polar surface area (TPSA) is 87.7 Å². The largest absolute Gasteiger partial charge is 0.339 e. The second-order valence-corrected chi connectivity index (χ2v) is 8.83. The third kappa shape index (κ3) is 3.59. The van der Waals surface area contributed by atoms with Crippen molar-refractivity contribution in [2.45, 2.75) is 38.3 Å². The minimum absolute atomic E-state index is 0.254. The summed E-state index contributed by atoms with van der Waals surface area (Å²) in [4.78, 5) is 19.7. The molecule has 0 radical (unpaired) electrons. The molecule has 2 fully saturated rings. The standard InChI is InChI=1S/C21H27N9O/c31-21(28-10-8-27(9-11-28)17-2-1-3-17)14-26-7-6-18-16(12-26)13-29(24-18)20-5-4-19-23-22-15-30(19)25-20/h4-5,13,15,17H,1-3,6-12,14H2. The van der Waals surface area contributed by atoms with Crippen LogP contribution in [-0.2, 0) is 17.8 Å². The molecule has 3 aliphatic rings. The molecule has 1 aliphatic carbocycles. The van der Waals surface area contributed by atoms with E-state index in [0.717, 1.165) is 63.2 Å². The quantitative estimate of drug-likeness (QED) is 0.601. The Morgan fingerprint density at radius 1 is 1.06 bits per heavy atom. The Kier molecular flexibility index (Phi) is 4.68. The molecule has 10 nitrogen and oxygen atoms in total. The highest BCUT2D eigenvalue weighted by Crippen LogP contribution is 2.25. The number of aromatic nitrogens is 6. The van der Waals surface area contributed by atoms with Gasteiger partial charge in [-0.2, -0.15) is 9.61 Å². The van der Waals surface area contributed by atoms with Crippen LogP contribution in [0.1, 0.15) is 30.5 Å². The number of amides is 1. The van der Waals surface area contributed by atoms with Crippen molar-refractivity contribution < 1.29 is 4.79 Å². The van der Waals surface area contributed by atoms with Crippen molar-refractivity contribution in [1.82, 2.24) is 44.3 Å². The van der Waals surface area contributed by atoms with Gasteiger partial charge in [0.2, 0.25) is 5.91 Å². The minimum atomic E-state index is 0.254. The smallest absolute Gasteiger partial charge is 0.236 e. The van der Waals surface area contributed by atoms with Crippen molar-refractivity contribution in [3.05, 3.63) is 35.9 Å². The summed E-state index contributed by atoms with van der Waals surface area (Å²) >= 11 is 0. The van der Waals surface area contributed by atoms with E-state index >= 15 is 0 Å². The van der Waals surface area contributed by atoms with E-state index in [9.17, 15) is 4.79 Å². The van der Waals surface area contributed by atoms with E-state index in [4.69, 9.17) is 5.10 Å². The molecule has 1 amide bonds. The van der Waals surface area contributed by atoms with E-state index in [1.54, 1.807) is 10.8 Å². The summed E-state index contributed by atoms with van der Waals surface area (Å²) in [7, 11) is 0. The molecule has 6 rings (SSSR count). The van der Waals surface area contributed by atoms with Gasteiger partial charge in [0.1, 0.15) is 6.33 Å². The second-order valence-electron chi connectivity index (χ2n) is 8.83. The predicted octanol–water partition coefficient (Wildman–Crippen LogP) is 0.365. The fourth-order valence-electron chi connectivity index (χ4n) is 4.84. The molecule has 0 atom stereocenters. The van der Waals surface area contributed by atoms with Crippen molar-refractivity contribution in [3.63, 3.8) is 0 Å². The van der Waals surface area contributed by atoms with Crippen molar-refractivity contribution in [2.24, 2.45) is 0 Å². The Labute approximate surface area is 180 Å². The highest BCUT2D eigenvalue weighted by molar-refractivity contribution is 5.78. The maximum absolute atomic E-state index is 12.9. The molecule has 0 aromatic carbocycles. The second kappa shape index (κ2) is 7.69. The first-order valence-electron chi connectivity index (χ1n) is 11.2. The van der Waals surface area contributed by atoms with Crippen LogP contribution in [-0.4, -0.2) is 95.5 Å². The average molecular weight is 422 g/mol. The summed E-state index contributed by atoms with van der Waals surface area (Å²) in [6.45, 7) is 5.87. The van der Waals surface area contributed by atoms with Crippen molar-refractivity contribution in [1.29, 1.82) is 0 Å². The highest BCUT2D eigenvalue weighted by atomic mass is 16.2. The number of carbonyl (C=O) groups excluding carboxylic acids is 1. The fourth-order valence-corrected chi connectivity index (χ4v) is 4.84. The van der Waals surface area contributed by atoms with Gasteiger partial charge in [0, 0.05) is 63.5 Å². The molecule has 2 aliphatic heterocycles. The Morgan fingerprint density at radius 3 is 2.74 bits per heavy atom. The van der Waals surface area contributed by atoms with Crippen LogP contribution in [0, 0.1) is 0 Å². The zero-order valence-corrected chi connectivity index (χ0v) is 17.6. The normalized spacial score (nSPS) is 20.7. The molecular weight excluding hydrogens is 394 g/mol. The Hall–Kier alpha value is -2.85.